The van der Waals surface area contributed by atoms with Crippen LogP contribution in [0.25, 0.3) is 0 Å². The Kier molecular flexibility index (Phi) is 4.32. The van der Waals surface area contributed by atoms with E-state index in [-0.39, 0.29) is 12.3 Å². The van der Waals surface area contributed by atoms with E-state index < -0.39 is 0 Å². The molecule has 0 bridgehead atoms. The molecule has 0 aliphatic heterocycles. The van der Waals surface area contributed by atoms with Gasteiger partial charge in [-0.1, -0.05) is 12.1 Å². The number of rotatable bonds is 3. The molecule has 1 aromatic carbocycles. The number of nitrogens with one attached hydrogen (secondary N) is 1. The van der Waals surface area contributed by atoms with E-state index in [0.29, 0.717) is 15.2 Å². The summed E-state index contributed by atoms with van der Waals surface area (Å²) in [5.74, 6) is -0.0685. The van der Waals surface area contributed by atoms with E-state index >= 15 is 0 Å². The molecule has 0 aliphatic carbocycles. The highest BCUT2D eigenvalue weighted by molar-refractivity contribution is 7.73. The zero-order valence-electron chi connectivity index (χ0n) is 11.1. The van der Waals surface area contributed by atoms with E-state index in [1.165, 1.54) is 16.2 Å². The lowest BCUT2D eigenvalue weighted by molar-refractivity contribution is -0.117. The molecule has 0 fully saturated rings. The summed E-state index contributed by atoms with van der Waals surface area (Å²) in [4.78, 5) is 17.8. The summed E-state index contributed by atoms with van der Waals surface area (Å²) in [7, 11) is 1.68. The molecule has 2 aromatic rings. The van der Waals surface area contributed by atoms with Gasteiger partial charge in [0.2, 0.25) is 5.91 Å². The number of hydrogen-bond donors (Lipinski definition) is 1. The van der Waals surface area contributed by atoms with Gasteiger partial charge in [0.25, 0.3) is 0 Å². The van der Waals surface area contributed by atoms with Crippen molar-refractivity contribution in [2.75, 3.05) is 11.9 Å². The number of aryl methyl sites for hydroxylation is 1. The summed E-state index contributed by atoms with van der Waals surface area (Å²) in [6.07, 6.45) is 0.278. The van der Waals surface area contributed by atoms with E-state index in [1.54, 1.807) is 25.2 Å². The fourth-order valence-corrected chi connectivity index (χ4v) is 3.14. The molecule has 0 saturated heterocycles. The lowest BCUT2D eigenvalue weighted by Crippen LogP contribution is -2.28. The number of amides is 1. The van der Waals surface area contributed by atoms with Crippen LogP contribution in [0.2, 0.25) is 0 Å². The molecule has 6 heteroatoms. The smallest absolute Gasteiger partial charge is 0.232 e. The molecule has 0 radical (unpaired) electrons. The van der Waals surface area contributed by atoms with Crippen LogP contribution in [0.1, 0.15) is 16.1 Å². The van der Waals surface area contributed by atoms with Crippen molar-refractivity contribution in [3.63, 3.8) is 0 Å². The Balaban J connectivity index is 2.23. The first-order valence-electron chi connectivity index (χ1n) is 5.97. The Hall–Kier alpha value is -1.97. The number of aromatic nitrogens is 1. The molecule has 0 aliphatic rings. The molecular weight excluding hydrogens is 290 g/mol. The van der Waals surface area contributed by atoms with Crippen molar-refractivity contribution >= 4 is 35.1 Å². The van der Waals surface area contributed by atoms with Gasteiger partial charge in [0.05, 0.1) is 17.7 Å². The number of H-pyrrole nitrogens is 1. The summed E-state index contributed by atoms with van der Waals surface area (Å²) in [5, 5.41) is 9.08. The molecule has 0 saturated carbocycles. The minimum absolute atomic E-state index is 0.0685. The van der Waals surface area contributed by atoms with Gasteiger partial charge >= 0.3 is 0 Å². The van der Waals surface area contributed by atoms with E-state index in [0.717, 1.165) is 10.6 Å². The number of benzene rings is 1. The number of carbonyl (C=O) groups is 1. The number of nitriles is 1. The molecule has 0 spiro atoms. The number of thiazole rings is 1. The first-order valence-corrected chi connectivity index (χ1v) is 7.19. The van der Waals surface area contributed by atoms with Gasteiger partial charge in [-0.15, -0.1) is 11.3 Å². The Morgan fingerprint density at radius 2 is 2.20 bits per heavy atom. The van der Waals surface area contributed by atoms with Crippen molar-refractivity contribution < 1.29 is 4.79 Å². The van der Waals surface area contributed by atoms with Crippen LogP contribution < -0.4 is 4.90 Å². The molecule has 1 amide bonds. The van der Waals surface area contributed by atoms with Gasteiger partial charge in [0.15, 0.2) is 3.95 Å². The van der Waals surface area contributed by atoms with Crippen LogP contribution in [0.3, 0.4) is 0 Å². The second kappa shape index (κ2) is 5.99. The maximum Gasteiger partial charge on any atom is 0.232 e. The summed E-state index contributed by atoms with van der Waals surface area (Å²) >= 11 is 6.48. The van der Waals surface area contributed by atoms with Gasteiger partial charge in [0.1, 0.15) is 6.07 Å². The van der Waals surface area contributed by atoms with Gasteiger partial charge in [0, 0.05) is 17.6 Å². The Morgan fingerprint density at radius 1 is 1.50 bits per heavy atom. The van der Waals surface area contributed by atoms with E-state index in [2.05, 4.69) is 11.1 Å². The minimum Gasteiger partial charge on any atom is -0.341 e. The van der Waals surface area contributed by atoms with Gasteiger partial charge in [-0.05, 0) is 31.3 Å². The highest BCUT2D eigenvalue weighted by Gasteiger charge is 2.16. The predicted molar refractivity (Wildman–Crippen MR) is 82.5 cm³/mol. The van der Waals surface area contributed by atoms with Crippen molar-refractivity contribution in [3.05, 3.63) is 44.4 Å². The number of nitrogens with zero attached hydrogens (tertiary/aromatic N) is 2. The molecule has 4 nitrogen and oxygen atoms in total. The molecule has 2 rings (SSSR count). The Labute approximate surface area is 126 Å². The minimum atomic E-state index is -0.0685. The summed E-state index contributed by atoms with van der Waals surface area (Å²) in [6, 6.07) is 9.15. The summed E-state index contributed by atoms with van der Waals surface area (Å²) < 4.78 is 0.672. The number of hydrogen-bond acceptors (Lipinski definition) is 4. The second-order valence-electron chi connectivity index (χ2n) is 4.32. The second-order valence-corrected chi connectivity index (χ2v) is 6.09. The van der Waals surface area contributed by atoms with Crippen LogP contribution in [-0.2, 0) is 11.2 Å². The first kappa shape index (κ1) is 14.4. The SMILES string of the molecule is Cc1[nH]c(=S)sc1CC(=O)N(C)c1ccccc1C#N. The van der Waals surface area contributed by atoms with Crippen LogP contribution in [-0.4, -0.2) is 17.9 Å². The third kappa shape index (κ3) is 2.95. The number of anilines is 1. The molecular formula is C14H13N3OS2. The maximum absolute atomic E-state index is 12.3. The van der Waals surface area contributed by atoms with Crippen molar-refractivity contribution in [2.45, 2.75) is 13.3 Å². The first-order chi connectivity index (χ1) is 9.52. The van der Waals surface area contributed by atoms with Crippen LogP contribution in [0.5, 0.6) is 0 Å². The van der Waals surface area contributed by atoms with E-state index in [1.807, 2.05) is 13.0 Å². The standard InChI is InChI=1S/C14H13N3OS2/c1-9-12(20-14(19)16-9)7-13(18)17(2)11-6-4-3-5-10(11)8-15/h3-6H,7H2,1-2H3,(H,16,19). The lowest BCUT2D eigenvalue weighted by atomic mass is 10.1. The summed E-state index contributed by atoms with van der Waals surface area (Å²) in [6.45, 7) is 1.90. The van der Waals surface area contributed by atoms with Gasteiger partial charge in [-0.3, -0.25) is 4.79 Å². The molecule has 1 N–H and O–H groups in total. The largest absolute Gasteiger partial charge is 0.341 e. The molecule has 1 heterocycles. The highest BCUT2D eigenvalue weighted by Crippen LogP contribution is 2.21. The topological polar surface area (TPSA) is 59.9 Å². The summed E-state index contributed by atoms with van der Waals surface area (Å²) in [5.41, 5.74) is 2.04. The highest BCUT2D eigenvalue weighted by atomic mass is 32.1. The van der Waals surface area contributed by atoms with E-state index in [9.17, 15) is 4.79 Å². The number of carbonyl (C=O) groups excluding carboxylic acids is 1. The third-order valence-electron chi connectivity index (χ3n) is 3.00. The Morgan fingerprint density at radius 3 is 2.80 bits per heavy atom. The zero-order valence-corrected chi connectivity index (χ0v) is 12.8. The van der Waals surface area contributed by atoms with E-state index in [4.69, 9.17) is 17.5 Å². The molecule has 0 atom stereocenters. The lowest BCUT2D eigenvalue weighted by Gasteiger charge is -2.18. The quantitative estimate of drug-likeness (QED) is 0.886. The Bertz CT molecular complexity index is 739. The van der Waals surface area contributed by atoms with Crippen LogP contribution in [0, 0.1) is 22.2 Å². The normalized spacial score (nSPS) is 10.1. The number of aromatic amines is 1. The maximum atomic E-state index is 12.3. The average molecular weight is 303 g/mol. The van der Waals surface area contributed by atoms with Gasteiger partial charge in [-0.2, -0.15) is 5.26 Å². The van der Waals surface area contributed by atoms with Crippen LogP contribution >= 0.6 is 23.6 Å². The molecule has 20 heavy (non-hydrogen) atoms. The fourth-order valence-electron chi connectivity index (χ4n) is 1.86. The number of para-hydroxylation sites is 1. The molecule has 0 unspecified atom stereocenters. The van der Waals surface area contributed by atoms with Crippen molar-refractivity contribution in [1.82, 2.24) is 4.98 Å². The third-order valence-corrected chi connectivity index (χ3v) is 4.33. The molecule has 102 valence electrons. The van der Waals surface area contributed by atoms with Crippen LogP contribution in [0.15, 0.2) is 24.3 Å². The monoisotopic (exact) mass is 303 g/mol. The van der Waals surface area contributed by atoms with Crippen molar-refractivity contribution in [2.24, 2.45) is 0 Å². The molecule has 1 aromatic heterocycles. The fraction of sp³-hybridized carbons (Fsp3) is 0.214. The number of likely N-dealkylation sites (N-methyl/N-ethyl adjacent to an activating group) is 1. The van der Waals surface area contributed by atoms with Crippen molar-refractivity contribution in [3.8, 4) is 6.07 Å². The predicted octanol–water partition coefficient (Wildman–Crippen LogP) is 3.19. The van der Waals surface area contributed by atoms with Gasteiger partial charge in [-0.25, -0.2) is 0 Å². The average Bonchev–Trinajstić information content (AvgIpc) is 2.75. The van der Waals surface area contributed by atoms with Crippen LogP contribution in [0.4, 0.5) is 5.69 Å². The van der Waals surface area contributed by atoms with Crippen molar-refractivity contribution in [1.29, 1.82) is 5.26 Å². The zero-order chi connectivity index (χ0) is 14.7. The van der Waals surface area contributed by atoms with Gasteiger partial charge < -0.3 is 9.88 Å².